The van der Waals surface area contributed by atoms with Gasteiger partial charge in [-0.15, -0.1) is 0 Å². The summed E-state index contributed by atoms with van der Waals surface area (Å²) in [4.78, 5) is 0. The van der Waals surface area contributed by atoms with E-state index in [-0.39, 0.29) is 0 Å². The zero-order valence-electron chi connectivity index (χ0n) is 5.36. The normalized spacial score (nSPS) is 28.5. The van der Waals surface area contributed by atoms with Crippen molar-refractivity contribution in [2.75, 3.05) is 0 Å². The molecule has 0 amide bonds. The van der Waals surface area contributed by atoms with Crippen molar-refractivity contribution in [2.24, 2.45) is 5.92 Å². The van der Waals surface area contributed by atoms with E-state index in [0.29, 0.717) is 5.92 Å². The minimum atomic E-state index is 0.412. The highest BCUT2D eigenvalue weighted by atomic mass is 14.4. The van der Waals surface area contributed by atoms with Crippen LogP contribution in [-0.4, -0.2) is 5.71 Å². The molecule has 8 heavy (non-hydrogen) atoms. The van der Waals surface area contributed by atoms with Crippen molar-refractivity contribution >= 4 is 5.71 Å². The highest BCUT2D eigenvalue weighted by molar-refractivity contribution is 5.89. The Morgan fingerprint density at radius 2 is 2.38 bits per heavy atom. The van der Waals surface area contributed by atoms with Gasteiger partial charge < -0.3 is 5.41 Å². The molecule has 44 valence electrons. The van der Waals surface area contributed by atoms with Gasteiger partial charge in [-0.05, 0) is 6.92 Å². The SMILES string of the molecule is CC1=CC(C)C(=N)C1. The third-order valence-corrected chi connectivity index (χ3v) is 1.55. The van der Waals surface area contributed by atoms with E-state index in [2.05, 4.69) is 19.9 Å². The molecular weight excluding hydrogens is 98.1 g/mol. The Kier molecular flexibility index (Phi) is 1.20. The van der Waals surface area contributed by atoms with E-state index in [1.165, 1.54) is 5.57 Å². The van der Waals surface area contributed by atoms with Crippen LogP contribution in [0.4, 0.5) is 0 Å². The van der Waals surface area contributed by atoms with Gasteiger partial charge in [-0.1, -0.05) is 18.6 Å². The topological polar surface area (TPSA) is 23.9 Å². The average Bonchev–Trinajstić information content (AvgIpc) is 1.85. The first-order valence-corrected chi connectivity index (χ1v) is 2.95. The Morgan fingerprint density at radius 3 is 2.50 bits per heavy atom. The second-order valence-corrected chi connectivity index (χ2v) is 2.50. The van der Waals surface area contributed by atoms with E-state index in [4.69, 9.17) is 5.41 Å². The van der Waals surface area contributed by atoms with E-state index >= 15 is 0 Å². The van der Waals surface area contributed by atoms with Crippen molar-refractivity contribution in [2.45, 2.75) is 20.3 Å². The zero-order chi connectivity index (χ0) is 6.15. The Hall–Kier alpha value is -0.590. The van der Waals surface area contributed by atoms with Gasteiger partial charge in [-0.3, -0.25) is 0 Å². The number of rotatable bonds is 0. The van der Waals surface area contributed by atoms with Crippen LogP contribution in [-0.2, 0) is 0 Å². The van der Waals surface area contributed by atoms with Gasteiger partial charge in [0.2, 0.25) is 0 Å². The van der Waals surface area contributed by atoms with Crippen LogP contribution in [0, 0.1) is 11.3 Å². The molecule has 0 saturated heterocycles. The molecule has 0 heterocycles. The first-order valence-electron chi connectivity index (χ1n) is 2.95. The molecular formula is C7H11N. The van der Waals surface area contributed by atoms with Gasteiger partial charge in [0.05, 0.1) is 0 Å². The van der Waals surface area contributed by atoms with Crippen molar-refractivity contribution in [1.82, 2.24) is 0 Å². The molecule has 0 spiro atoms. The number of hydrogen-bond donors (Lipinski definition) is 1. The van der Waals surface area contributed by atoms with Crippen molar-refractivity contribution in [1.29, 1.82) is 5.41 Å². The maximum atomic E-state index is 7.33. The quantitative estimate of drug-likeness (QED) is 0.460. The lowest BCUT2D eigenvalue weighted by atomic mass is 10.1. The molecule has 0 aromatic carbocycles. The van der Waals surface area contributed by atoms with Crippen LogP contribution in [0.2, 0.25) is 0 Å². The average molecular weight is 109 g/mol. The molecule has 0 bridgehead atoms. The molecule has 1 atom stereocenters. The van der Waals surface area contributed by atoms with Crippen LogP contribution in [0.25, 0.3) is 0 Å². The van der Waals surface area contributed by atoms with Crippen LogP contribution < -0.4 is 0 Å². The summed E-state index contributed by atoms with van der Waals surface area (Å²) >= 11 is 0. The summed E-state index contributed by atoms with van der Waals surface area (Å²) < 4.78 is 0. The van der Waals surface area contributed by atoms with Crippen LogP contribution >= 0.6 is 0 Å². The fourth-order valence-electron chi connectivity index (χ4n) is 1.05. The fourth-order valence-corrected chi connectivity index (χ4v) is 1.05. The molecule has 0 fully saturated rings. The van der Waals surface area contributed by atoms with E-state index in [0.717, 1.165) is 12.1 Å². The van der Waals surface area contributed by atoms with Gasteiger partial charge in [0, 0.05) is 18.1 Å². The van der Waals surface area contributed by atoms with Crippen molar-refractivity contribution in [3.05, 3.63) is 11.6 Å². The first kappa shape index (κ1) is 5.54. The van der Waals surface area contributed by atoms with Gasteiger partial charge in [0.25, 0.3) is 0 Å². The lowest BCUT2D eigenvalue weighted by Crippen LogP contribution is -1.98. The standard InChI is InChI=1S/C7H11N/c1-5-3-6(2)7(8)4-5/h3,6,8H,4H2,1-2H3. The van der Waals surface area contributed by atoms with E-state index in [1.54, 1.807) is 0 Å². The molecule has 0 aromatic heterocycles. The minimum Gasteiger partial charge on any atom is -0.309 e. The monoisotopic (exact) mass is 109 g/mol. The lowest BCUT2D eigenvalue weighted by Gasteiger charge is -1.94. The number of nitrogens with one attached hydrogen (secondary N) is 1. The summed E-state index contributed by atoms with van der Waals surface area (Å²) in [6.45, 7) is 4.15. The number of allylic oxidation sites excluding steroid dienone is 2. The highest BCUT2D eigenvalue weighted by Crippen LogP contribution is 2.18. The van der Waals surface area contributed by atoms with Crippen molar-refractivity contribution in [3.8, 4) is 0 Å². The highest BCUT2D eigenvalue weighted by Gasteiger charge is 2.12. The minimum absolute atomic E-state index is 0.412. The summed E-state index contributed by atoms with van der Waals surface area (Å²) in [6, 6.07) is 0. The molecule has 1 nitrogen and oxygen atoms in total. The molecule has 0 radical (unpaired) electrons. The van der Waals surface area contributed by atoms with Gasteiger partial charge >= 0.3 is 0 Å². The zero-order valence-corrected chi connectivity index (χ0v) is 5.36. The molecule has 1 aliphatic rings. The van der Waals surface area contributed by atoms with E-state index < -0.39 is 0 Å². The maximum absolute atomic E-state index is 7.33. The maximum Gasteiger partial charge on any atom is 0.0195 e. The summed E-state index contributed by atoms with van der Waals surface area (Å²) in [5.74, 6) is 0.412. The van der Waals surface area contributed by atoms with Crippen molar-refractivity contribution in [3.63, 3.8) is 0 Å². The summed E-state index contributed by atoms with van der Waals surface area (Å²) in [6.07, 6.45) is 3.06. The smallest absolute Gasteiger partial charge is 0.0195 e. The van der Waals surface area contributed by atoms with Crippen LogP contribution in [0.15, 0.2) is 11.6 Å². The summed E-state index contributed by atoms with van der Waals surface area (Å²) in [5, 5.41) is 7.33. The lowest BCUT2D eigenvalue weighted by molar-refractivity contribution is 0.998. The van der Waals surface area contributed by atoms with Crippen LogP contribution in [0.5, 0.6) is 0 Å². The van der Waals surface area contributed by atoms with Crippen LogP contribution in [0.3, 0.4) is 0 Å². The first-order chi connectivity index (χ1) is 3.70. The Bertz CT molecular complexity index is 144. The molecule has 0 aromatic rings. The Balaban J connectivity index is 2.69. The summed E-state index contributed by atoms with van der Waals surface area (Å²) in [5.41, 5.74) is 2.21. The molecule has 1 heteroatoms. The third-order valence-electron chi connectivity index (χ3n) is 1.55. The summed E-state index contributed by atoms with van der Waals surface area (Å²) in [7, 11) is 0. The molecule has 0 saturated carbocycles. The van der Waals surface area contributed by atoms with Gasteiger partial charge in [-0.25, -0.2) is 0 Å². The predicted molar refractivity (Wildman–Crippen MR) is 35.3 cm³/mol. The predicted octanol–water partition coefficient (Wildman–Crippen LogP) is 1.99. The largest absolute Gasteiger partial charge is 0.309 e. The molecule has 1 aliphatic carbocycles. The Labute approximate surface area is 49.9 Å². The molecule has 0 aliphatic heterocycles. The van der Waals surface area contributed by atoms with Gasteiger partial charge in [0.1, 0.15) is 0 Å². The molecule has 1 N–H and O–H groups in total. The van der Waals surface area contributed by atoms with E-state index in [9.17, 15) is 0 Å². The molecule has 1 rings (SSSR count). The number of hydrogen-bond acceptors (Lipinski definition) is 1. The molecule has 1 unspecified atom stereocenters. The second-order valence-electron chi connectivity index (χ2n) is 2.50. The Morgan fingerprint density at radius 1 is 1.75 bits per heavy atom. The van der Waals surface area contributed by atoms with Crippen LogP contribution in [0.1, 0.15) is 20.3 Å². The fraction of sp³-hybridized carbons (Fsp3) is 0.571. The second kappa shape index (κ2) is 1.73. The van der Waals surface area contributed by atoms with Gasteiger partial charge in [0.15, 0.2) is 0 Å². The van der Waals surface area contributed by atoms with Gasteiger partial charge in [-0.2, -0.15) is 0 Å². The van der Waals surface area contributed by atoms with E-state index in [1.807, 2.05) is 0 Å². The third kappa shape index (κ3) is 0.808. The van der Waals surface area contributed by atoms with Crippen molar-refractivity contribution < 1.29 is 0 Å².